The third-order valence-electron chi connectivity index (χ3n) is 4.76. The van der Waals surface area contributed by atoms with Crippen molar-refractivity contribution < 1.29 is 28.5 Å². The average molecular weight is 512 g/mol. The number of carbonyl (C=O) groups excluding carboxylic acids is 3. The van der Waals surface area contributed by atoms with E-state index in [9.17, 15) is 24.5 Å². The number of furan rings is 1. The van der Waals surface area contributed by atoms with Crippen molar-refractivity contribution in [3.63, 3.8) is 0 Å². The molecule has 1 fully saturated rings. The summed E-state index contributed by atoms with van der Waals surface area (Å²) >= 11 is 3.28. The molecule has 0 aliphatic carbocycles. The van der Waals surface area contributed by atoms with Crippen molar-refractivity contribution >= 4 is 51.2 Å². The summed E-state index contributed by atoms with van der Waals surface area (Å²) in [6, 6.07) is 12.6. The molecule has 0 radical (unpaired) electrons. The lowest BCUT2D eigenvalue weighted by molar-refractivity contribution is -0.384. The van der Waals surface area contributed by atoms with E-state index in [1.54, 1.807) is 24.3 Å². The third-order valence-corrected chi connectivity index (χ3v) is 5.29. The SMILES string of the molecule is COc1ccc([N+](=O)[O-])cc1-c1ccc(C=C2C(=O)NC(=O)N(c3ccc(Br)cc3)C2=O)o1. The second kappa shape index (κ2) is 8.71. The number of benzene rings is 2. The average Bonchev–Trinajstić information content (AvgIpc) is 3.26. The van der Waals surface area contributed by atoms with Gasteiger partial charge in [-0.2, -0.15) is 0 Å². The number of barbiturate groups is 1. The fourth-order valence-electron chi connectivity index (χ4n) is 3.20. The van der Waals surface area contributed by atoms with Crippen LogP contribution in [0.5, 0.6) is 5.75 Å². The van der Waals surface area contributed by atoms with E-state index in [-0.39, 0.29) is 28.5 Å². The zero-order chi connectivity index (χ0) is 23.7. The summed E-state index contributed by atoms with van der Waals surface area (Å²) in [7, 11) is 1.41. The molecule has 0 spiro atoms. The lowest BCUT2D eigenvalue weighted by atomic mass is 10.1. The van der Waals surface area contributed by atoms with Crippen LogP contribution < -0.4 is 15.0 Å². The first-order valence-corrected chi connectivity index (χ1v) is 10.2. The monoisotopic (exact) mass is 511 g/mol. The Kier molecular flexibility index (Phi) is 5.80. The molecule has 0 atom stereocenters. The Labute approximate surface area is 194 Å². The van der Waals surface area contributed by atoms with Crippen molar-refractivity contribution in [3.8, 4) is 17.1 Å². The first-order valence-electron chi connectivity index (χ1n) is 9.38. The van der Waals surface area contributed by atoms with Gasteiger partial charge in [0.25, 0.3) is 17.5 Å². The highest BCUT2D eigenvalue weighted by Crippen LogP contribution is 2.35. The normalized spacial score (nSPS) is 15.0. The third kappa shape index (κ3) is 4.26. The Bertz CT molecular complexity index is 1330. The van der Waals surface area contributed by atoms with E-state index in [0.717, 1.165) is 9.37 Å². The maximum absolute atomic E-state index is 13.0. The van der Waals surface area contributed by atoms with Crippen LogP contribution in [0, 0.1) is 10.1 Å². The summed E-state index contributed by atoms with van der Waals surface area (Å²) in [5.74, 6) is -0.997. The van der Waals surface area contributed by atoms with Gasteiger partial charge in [0, 0.05) is 16.6 Å². The Morgan fingerprint density at radius 3 is 2.48 bits per heavy atom. The van der Waals surface area contributed by atoms with Gasteiger partial charge in [0.2, 0.25) is 0 Å². The van der Waals surface area contributed by atoms with E-state index in [1.807, 2.05) is 0 Å². The minimum absolute atomic E-state index is 0.127. The van der Waals surface area contributed by atoms with Gasteiger partial charge in [0.15, 0.2) is 0 Å². The van der Waals surface area contributed by atoms with Gasteiger partial charge in [-0.25, -0.2) is 9.69 Å². The first kappa shape index (κ1) is 22.0. The van der Waals surface area contributed by atoms with E-state index in [2.05, 4.69) is 21.2 Å². The van der Waals surface area contributed by atoms with Crippen molar-refractivity contribution in [3.05, 3.63) is 80.5 Å². The minimum atomic E-state index is -0.871. The number of imide groups is 2. The molecular formula is C22H14BrN3O7. The van der Waals surface area contributed by atoms with Crippen LogP contribution in [0.4, 0.5) is 16.2 Å². The number of non-ortho nitro benzene ring substituents is 1. The number of nitro groups is 1. The number of ether oxygens (including phenoxy) is 1. The van der Waals surface area contributed by atoms with Crippen LogP contribution in [0.3, 0.4) is 0 Å². The Hall–Kier alpha value is -4.25. The zero-order valence-corrected chi connectivity index (χ0v) is 18.5. The van der Waals surface area contributed by atoms with Crippen molar-refractivity contribution in [1.29, 1.82) is 0 Å². The number of nitrogens with one attached hydrogen (secondary N) is 1. The van der Waals surface area contributed by atoms with E-state index >= 15 is 0 Å². The molecule has 10 nitrogen and oxygen atoms in total. The number of nitro benzene ring substituents is 1. The van der Waals surface area contributed by atoms with Gasteiger partial charge in [0.1, 0.15) is 22.8 Å². The maximum atomic E-state index is 13.0. The highest BCUT2D eigenvalue weighted by Gasteiger charge is 2.37. The number of anilines is 1. The van der Waals surface area contributed by atoms with Crippen LogP contribution in [0.2, 0.25) is 0 Å². The van der Waals surface area contributed by atoms with Gasteiger partial charge in [0.05, 0.1) is 23.3 Å². The molecule has 4 amide bonds. The molecule has 0 saturated carbocycles. The van der Waals surface area contributed by atoms with Gasteiger partial charge in [-0.15, -0.1) is 0 Å². The predicted octanol–water partition coefficient (Wildman–Crippen LogP) is 4.29. The lowest BCUT2D eigenvalue weighted by Gasteiger charge is -2.26. The van der Waals surface area contributed by atoms with Crippen molar-refractivity contribution in [1.82, 2.24) is 5.32 Å². The molecule has 3 aromatic rings. The Balaban J connectivity index is 1.70. The van der Waals surface area contributed by atoms with E-state index in [1.165, 1.54) is 43.5 Å². The number of methoxy groups -OCH3 is 1. The van der Waals surface area contributed by atoms with Gasteiger partial charge < -0.3 is 9.15 Å². The van der Waals surface area contributed by atoms with Gasteiger partial charge in [-0.3, -0.25) is 25.0 Å². The molecule has 1 aromatic heterocycles. The van der Waals surface area contributed by atoms with Crippen molar-refractivity contribution in [2.24, 2.45) is 0 Å². The summed E-state index contributed by atoms with van der Waals surface area (Å²) in [5, 5.41) is 13.3. The number of hydrogen-bond donors (Lipinski definition) is 1. The summed E-state index contributed by atoms with van der Waals surface area (Å²) < 4.78 is 11.7. The molecule has 2 aromatic carbocycles. The molecule has 11 heteroatoms. The fraction of sp³-hybridized carbons (Fsp3) is 0.0455. The highest BCUT2D eigenvalue weighted by molar-refractivity contribution is 9.10. The van der Waals surface area contributed by atoms with Crippen LogP contribution in [-0.4, -0.2) is 29.9 Å². The topological polar surface area (TPSA) is 132 Å². The van der Waals surface area contributed by atoms with Crippen LogP contribution in [0.1, 0.15) is 5.76 Å². The van der Waals surface area contributed by atoms with Crippen molar-refractivity contribution in [2.75, 3.05) is 12.0 Å². The standard InChI is InChI=1S/C22H14BrN3O7/c1-32-18-8-6-14(26(30)31)10-16(18)19-9-7-15(33-19)11-17-20(27)24-22(29)25(21(17)28)13-4-2-12(23)3-5-13/h2-11H,1H3,(H,24,27,29). The number of nitrogens with zero attached hydrogens (tertiary/aromatic N) is 2. The van der Waals surface area contributed by atoms with E-state index in [0.29, 0.717) is 11.3 Å². The molecule has 1 aliphatic rings. The summed E-state index contributed by atoms with van der Waals surface area (Å²) in [5.41, 5.74) is 0.125. The highest BCUT2D eigenvalue weighted by atomic mass is 79.9. The molecule has 1 saturated heterocycles. The molecule has 166 valence electrons. The predicted molar refractivity (Wildman–Crippen MR) is 120 cm³/mol. The second-order valence-electron chi connectivity index (χ2n) is 6.78. The number of amides is 4. The Morgan fingerprint density at radius 2 is 1.82 bits per heavy atom. The molecule has 4 rings (SSSR count). The fourth-order valence-corrected chi connectivity index (χ4v) is 3.47. The number of carbonyl (C=O) groups is 3. The summed E-state index contributed by atoms with van der Waals surface area (Å²) in [6.45, 7) is 0. The van der Waals surface area contributed by atoms with Gasteiger partial charge in [-0.05, 0) is 48.5 Å². The number of rotatable bonds is 5. The Morgan fingerprint density at radius 1 is 1.09 bits per heavy atom. The molecule has 1 aliphatic heterocycles. The van der Waals surface area contributed by atoms with E-state index in [4.69, 9.17) is 9.15 Å². The number of halogens is 1. The minimum Gasteiger partial charge on any atom is -0.496 e. The van der Waals surface area contributed by atoms with Crippen molar-refractivity contribution in [2.45, 2.75) is 0 Å². The second-order valence-corrected chi connectivity index (χ2v) is 7.69. The number of urea groups is 1. The molecular weight excluding hydrogens is 498 g/mol. The van der Waals surface area contributed by atoms with Crippen LogP contribution >= 0.6 is 15.9 Å². The zero-order valence-electron chi connectivity index (χ0n) is 16.9. The molecule has 1 N–H and O–H groups in total. The lowest BCUT2D eigenvalue weighted by Crippen LogP contribution is -2.54. The summed E-state index contributed by atoms with van der Waals surface area (Å²) in [4.78, 5) is 49.0. The summed E-state index contributed by atoms with van der Waals surface area (Å²) in [6.07, 6.45) is 1.20. The molecule has 0 bridgehead atoms. The number of hydrogen-bond acceptors (Lipinski definition) is 7. The molecule has 2 heterocycles. The molecule has 0 unspecified atom stereocenters. The molecule has 33 heavy (non-hydrogen) atoms. The first-order chi connectivity index (χ1) is 15.8. The van der Waals surface area contributed by atoms with Crippen LogP contribution in [-0.2, 0) is 9.59 Å². The maximum Gasteiger partial charge on any atom is 0.335 e. The smallest absolute Gasteiger partial charge is 0.335 e. The van der Waals surface area contributed by atoms with Gasteiger partial charge in [-0.1, -0.05) is 15.9 Å². The van der Waals surface area contributed by atoms with Crippen LogP contribution in [0.25, 0.3) is 17.4 Å². The van der Waals surface area contributed by atoms with Crippen LogP contribution in [0.15, 0.2) is 69.1 Å². The van der Waals surface area contributed by atoms with E-state index < -0.39 is 22.8 Å². The quantitative estimate of drug-likeness (QED) is 0.233. The largest absolute Gasteiger partial charge is 0.496 e. The van der Waals surface area contributed by atoms with Gasteiger partial charge >= 0.3 is 6.03 Å².